The number of hydrogen-bond donors (Lipinski definition) is 1. The first-order valence-electron chi connectivity index (χ1n) is 6.19. The van der Waals surface area contributed by atoms with E-state index in [1.807, 2.05) is 30.3 Å². The van der Waals surface area contributed by atoms with E-state index in [0.29, 0.717) is 13.0 Å². The van der Waals surface area contributed by atoms with Crippen molar-refractivity contribution in [3.63, 3.8) is 0 Å². The summed E-state index contributed by atoms with van der Waals surface area (Å²) in [7, 11) is 1.65. The van der Waals surface area contributed by atoms with Crippen LogP contribution < -0.4 is 4.74 Å². The highest BCUT2D eigenvalue weighted by Gasteiger charge is 2.10. The highest BCUT2D eigenvalue weighted by atomic mass is 16.5. The molecule has 3 nitrogen and oxygen atoms in total. The van der Waals surface area contributed by atoms with Crippen LogP contribution in [0.3, 0.4) is 0 Å². The quantitative estimate of drug-likeness (QED) is 0.721. The van der Waals surface area contributed by atoms with Crippen LogP contribution in [0.4, 0.5) is 0 Å². The minimum absolute atomic E-state index is 0.0181. The fraction of sp³-hybridized carbons (Fsp3) is 0.467. The summed E-state index contributed by atoms with van der Waals surface area (Å²) in [6.45, 7) is 6.01. The fourth-order valence-corrected chi connectivity index (χ4v) is 1.73. The lowest BCUT2D eigenvalue weighted by atomic mass is 10.1. The van der Waals surface area contributed by atoms with Crippen LogP contribution in [0.25, 0.3) is 0 Å². The maximum Gasteiger partial charge on any atom is 0.118 e. The van der Waals surface area contributed by atoms with E-state index < -0.39 is 0 Å². The molecule has 0 heterocycles. The lowest BCUT2D eigenvalue weighted by molar-refractivity contribution is 0.00986. The first kappa shape index (κ1) is 14.7. The van der Waals surface area contributed by atoms with Gasteiger partial charge in [-0.2, -0.15) is 0 Å². The van der Waals surface area contributed by atoms with Crippen molar-refractivity contribution in [1.82, 2.24) is 0 Å². The van der Waals surface area contributed by atoms with Gasteiger partial charge in [0.25, 0.3) is 0 Å². The maximum absolute atomic E-state index is 9.38. The first-order chi connectivity index (χ1) is 8.65. The highest BCUT2D eigenvalue weighted by Crippen LogP contribution is 2.15. The molecule has 0 saturated carbocycles. The maximum atomic E-state index is 9.38. The summed E-state index contributed by atoms with van der Waals surface area (Å²) in [5.74, 6) is 0.838. The molecule has 0 aliphatic rings. The van der Waals surface area contributed by atoms with Crippen molar-refractivity contribution in [1.29, 1.82) is 0 Å². The Bertz CT molecular complexity index is 343. The Balaban J connectivity index is 2.46. The summed E-state index contributed by atoms with van der Waals surface area (Å²) in [5, 5.41) is 9.38. The number of hydrogen-bond acceptors (Lipinski definition) is 3. The lowest BCUT2D eigenvalue weighted by Crippen LogP contribution is -2.18. The van der Waals surface area contributed by atoms with Gasteiger partial charge in [0.05, 0.1) is 25.9 Å². The molecule has 0 amide bonds. The molecule has 1 aromatic carbocycles. The molecule has 0 spiro atoms. The van der Waals surface area contributed by atoms with E-state index in [1.165, 1.54) is 0 Å². The van der Waals surface area contributed by atoms with Gasteiger partial charge in [-0.1, -0.05) is 18.2 Å². The van der Waals surface area contributed by atoms with E-state index in [9.17, 15) is 5.11 Å². The summed E-state index contributed by atoms with van der Waals surface area (Å²) >= 11 is 0. The molecule has 0 saturated heterocycles. The number of aliphatic hydroxyl groups excluding tert-OH is 1. The number of rotatable bonds is 8. The molecule has 1 N–H and O–H groups in total. The van der Waals surface area contributed by atoms with Crippen molar-refractivity contribution in [2.45, 2.75) is 38.6 Å². The van der Waals surface area contributed by atoms with Gasteiger partial charge >= 0.3 is 0 Å². The highest BCUT2D eigenvalue weighted by molar-refractivity contribution is 5.26. The van der Waals surface area contributed by atoms with Gasteiger partial charge in [-0.3, -0.25) is 0 Å². The van der Waals surface area contributed by atoms with Crippen molar-refractivity contribution >= 4 is 0 Å². The molecule has 1 rings (SSSR count). The molecule has 100 valence electrons. The molecule has 0 fully saturated rings. The molecular formula is C15H22O3. The zero-order valence-corrected chi connectivity index (χ0v) is 11.1. The van der Waals surface area contributed by atoms with Gasteiger partial charge in [0.1, 0.15) is 5.75 Å². The normalized spacial score (nSPS) is 13.9. The third-order valence-corrected chi connectivity index (χ3v) is 2.68. The van der Waals surface area contributed by atoms with Gasteiger partial charge in [-0.05, 0) is 37.5 Å². The van der Waals surface area contributed by atoms with Gasteiger partial charge in [-0.25, -0.2) is 0 Å². The van der Waals surface area contributed by atoms with Gasteiger partial charge in [0, 0.05) is 0 Å². The summed E-state index contributed by atoms with van der Waals surface area (Å²) in [4.78, 5) is 0. The molecule has 0 aliphatic carbocycles. The molecule has 18 heavy (non-hydrogen) atoms. The summed E-state index contributed by atoms with van der Waals surface area (Å²) in [5.41, 5.74) is 1.09. The van der Waals surface area contributed by atoms with Gasteiger partial charge in [0.15, 0.2) is 0 Å². The monoisotopic (exact) mass is 250 g/mol. The lowest BCUT2D eigenvalue weighted by Gasteiger charge is -2.18. The minimum Gasteiger partial charge on any atom is -0.497 e. The van der Waals surface area contributed by atoms with Crippen molar-refractivity contribution < 1.29 is 14.6 Å². The summed E-state index contributed by atoms with van der Waals surface area (Å²) in [6.07, 6.45) is 2.86. The van der Waals surface area contributed by atoms with E-state index in [0.717, 1.165) is 17.7 Å². The van der Waals surface area contributed by atoms with E-state index in [2.05, 4.69) is 6.58 Å². The van der Waals surface area contributed by atoms with Gasteiger partial charge in [-0.15, -0.1) is 6.58 Å². The summed E-state index contributed by atoms with van der Waals surface area (Å²) in [6, 6.07) is 7.78. The number of ether oxygens (including phenoxy) is 2. The fourth-order valence-electron chi connectivity index (χ4n) is 1.73. The van der Waals surface area contributed by atoms with Gasteiger partial charge in [0.2, 0.25) is 0 Å². The molecule has 1 aromatic rings. The Hall–Kier alpha value is -1.32. The van der Waals surface area contributed by atoms with Crippen LogP contribution in [0, 0.1) is 0 Å². The Morgan fingerprint density at radius 2 is 2.00 bits per heavy atom. The second-order valence-electron chi connectivity index (χ2n) is 4.39. The molecule has 0 unspecified atom stereocenters. The van der Waals surface area contributed by atoms with Crippen LogP contribution in [0.5, 0.6) is 5.75 Å². The zero-order valence-electron chi connectivity index (χ0n) is 11.1. The van der Waals surface area contributed by atoms with Crippen molar-refractivity contribution in [2.24, 2.45) is 0 Å². The van der Waals surface area contributed by atoms with E-state index in [-0.39, 0.29) is 12.2 Å². The Kier molecular flexibility index (Phi) is 6.47. The Morgan fingerprint density at radius 3 is 2.50 bits per heavy atom. The predicted molar refractivity (Wildman–Crippen MR) is 72.7 cm³/mol. The molecule has 0 bridgehead atoms. The second kappa shape index (κ2) is 7.90. The smallest absolute Gasteiger partial charge is 0.118 e. The first-order valence-corrected chi connectivity index (χ1v) is 6.19. The standard InChI is InChI=1S/C15H22O3/c1-4-5-15(10-12(2)16)18-11-13-6-8-14(17-3)9-7-13/h4,6-9,12,15-16H,1,5,10-11H2,2-3H3/t12-,15+/m1/s1. The topological polar surface area (TPSA) is 38.7 Å². The molecule has 0 aromatic heterocycles. The van der Waals surface area contributed by atoms with Crippen molar-refractivity contribution in [3.05, 3.63) is 42.5 Å². The van der Waals surface area contributed by atoms with Crippen molar-refractivity contribution in [3.8, 4) is 5.75 Å². The van der Waals surface area contributed by atoms with Crippen LogP contribution in [-0.2, 0) is 11.3 Å². The SMILES string of the molecule is C=CC[C@@H](C[C@@H](C)O)OCc1ccc(OC)cc1. The van der Waals surface area contributed by atoms with Crippen LogP contribution in [0.15, 0.2) is 36.9 Å². The molecule has 0 aliphatic heterocycles. The molecule has 0 radical (unpaired) electrons. The Labute approximate surface area is 109 Å². The van der Waals surface area contributed by atoms with E-state index in [4.69, 9.17) is 9.47 Å². The average Bonchev–Trinajstić information content (AvgIpc) is 2.36. The van der Waals surface area contributed by atoms with Crippen LogP contribution >= 0.6 is 0 Å². The number of methoxy groups -OCH3 is 1. The van der Waals surface area contributed by atoms with Crippen LogP contribution in [0.1, 0.15) is 25.3 Å². The zero-order chi connectivity index (χ0) is 13.4. The molecule has 3 heteroatoms. The third kappa shape index (κ3) is 5.34. The number of benzene rings is 1. The largest absolute Gasteiger partial charge is 0.497 e. The van der Waals surface area contributed by atoms with E-state index >= 15 is 0 Å². The van der Waals surface area contributed by atoms with Gasteiger partial charge < -0.3 is 14.6 Å². The number of aliphatic hydroxyl groups is 1. The predicted octanol–water partition coefficient (Wildman–Crippen LogP) is 2.93. The molecular weight excluding hydrogens is 228 g/mol. The molecule has 2 atom stereocenters. The minimum atomic E-state index is -0.356. The van der Waals surface area contributed by atoms with E-state index in [1.54, 1.807) is 14.0 Å². The van der Waals surface area contributed by atoms with Crippen molar-refractivity contribution in [2.75, 3.05) is 7.11 Å². The average molecular weight is 250 g/mol. The summed E-state index contributed by atoms with van der Waals surface area (Å²) < 4.78 is 10.9. The van der Waals surface area contributed by atoms with Crippen LogP contribution in [0.2, 0.25) is 0 Å². The van der Waals surface area contributed by atoms with Crippen LogP contribution in [-0.4, -0.2) is 24.4 Å². The second-order valence-corrected chi connectivity index (χ2v) is 4.39. The Morgan fingerprint density at radius 1 is 1.33 bits per heavy atom. The third-order valence-electron chi connectivity index (χ3n) is 2.68.